The van der Waals surface area contributed by atoms with Crippen LogP contribution in [0.15, 0.2) is 28.9 Å². The number of hydrogen-bond acceptors (Lipinski definition) is 4. The van der Waals surface area contributed by atoms with E-state index in [0.29, 0.717) is 5.56 Å². The fraction of sp³-hybridized carbons (Fsp3) is 0.214. The summed E-state index contributed by atoms with van der Waals surface area (Å²) in [5.74, 6) is -4.28. The van der Waals surface area contributed by atoms with E-state index in [0.717, 1.165) is 6.20 Å². The first kappa shape index (κ1) is 16.3. The van der Waals surface area contributed by atoms with Crippen LogP contribution in [0.5, 0.6) is 5.75 Å². The molecule has 2 rings (SSSR count). The van der Waals surface area contributed by atoms with Crippen LogP contribution in [0.2, 0.25) is 10.0 Å². The molecule has 0 saturated heterocycles. The van der Waals surface area contributed by atoms with Crippen LogP contribution in [-0.2, 0) is 9.59 Å². The Balaban J connectivity index is 2.59. The van der Waals surface area contributed by atoms with Crippen molar-refractivity contribution in [1.82, 2.24) is 0 Å². The minimum Gasteiger partial charge on any atom is -0.494 e. The smallest absolute Gasteiger partial charge is 0.333 e. The maximum absolute atomic E-state index is 11.4. The summed E-state index contributed by atoms with van der Waals surface area (Å²) in [6.45, 7) is 0. The summed E-state index contributed by atoms with van der Waals surface area (Å²) in [7, 11) is 1.39. The van der Waals surface area contributed by atoms with Gasteiger partial charge in [0.15, 0.2) is 5.75 Å². The molecule has 0 saturated carbocycles. The molecular weight excluding hydrogens is 333 g/mol. The van der Waals surface area contributed by atoms with Crippen LogP contribution in [0.1, 0.15) is 11.5 Å². The third-order valence-corrected chi connectivity index (χ3v) is 3.83. The molecule has 0 bridgehead atoms. The fourth-order valence-electron chi connectivity index (χ4n) is 2.31. The number of methoxy groups -OCH3 is 1. The molecule has 0 radical (unpaired) electrons. The maximum Gasteiger partial charge on any atom is 0.333 e. The van der Waals surface area contributed by atoms with Gasteiger partial charge in [-0.05, 0) is 17.7 Å². The molecular formula is C14H11Cl2NO5. The molecule has 6 nitrogen and oxygen atoms in total. The van der Waals surface area contributed by atoms with Crippen molar-refractivity contribution in [2.75, 3.05) is 7.11 Å². The Morgan fingerprint density at radius 3 is 2.27 bits per heavy atom. The molecule has 1 aromatic rings. The van der Waals surface area contributed by atoms with Gasteiger partial charge in [0.1, 0.15) is 5.92 Å². The molecule has 1 heterocycles. The lowest BCUT2D eigenvalue weighted by Crippen LogP contribution is -2.29. The minimum atomic E-state index is -1.25. The van der Waals surface area contributed by atoms with E-state index in [1.54, 1.807) is 0 Å². The second kappa shape index (κ2) is 6.37. The van der Waals surface area contributed by atoms with Gasteiger partial charge in [0, 0.05) is 18.3 Å². The zero-order valence-electron chi connectivity index (χ0n) is 11.3. The van der Waals surface area contributed by atoms with E-state index in [1.165, 1.54) is 25.5 Å². The predicted octanol–water partition coefficient (Wildman–Crippen LogP) is 2.84. The number of aliphatic carboxylic acids is 2. The van der Waals surface area contributed by atoms with Gasteiger partial charge < -0.3 is 14.9 Å². The Morgan fingerprint density at radius 1 is 1.23 bits per heavy atom. The molecule has 1 aliphatic heterocycles. The fourth-order valence-corrected chi connectivity index (χ4v) is 2.97. The van der Waals surface area contributed by atoms with Gasteiger partial charge >= 0.3 is 11.9 Å². The van der Waals surface area contributed by atoms with Crippen molar-refractivity contribution in [3.63, 3.8) is 0 Å². The summed E-state index contributed by atoms with van der Waals surface area (Å²) in [6, 6.07) is 2.89. The summed E-state index contributed by atoms with van der Waals surface area (Å²) in [4.78, 5) is 26.5. The van der Waals surface area contributed by atoms with E-state index in [1.807, 2.05) is 0 Å². The van der Waals surface area contributed by atoms with E-state index in [4.69, 9.17) is 27.9 Å². The van der Waals surface area contributed by atoms with Crippen LogP contribution < -0.4 is 4.74 Å². The Hall–Kier alpha value is -2.05. The number of halogens is 2. The van der Waals surface area contributed by atoms with Crippen LogP contribution in [-0.4, -0.2) is 35.5 Å². The van der Waals surface area contributed by atoms with Crippen molar-refractivity contribution >= 4 is 41.4 Å². The lowest BCUT2D eigenvalue weighted by Gasteiger charge is -2.25. The summed E-state index contributed by atoms with van der Waals surface area (Å²) in [6.07, 6.45) is 2.31. The highest BCUT2D eigenvalue weighted by atomic mass is 35.5. The van der Waals surface area contributed by atoms with E-state index in [2.05, 4.69) is 4.99 Å². The Bertz CT molecular complexity index is 675. The van der Waals surface area contributed by atoms with E-state index < -0.39 is 23.8 Å². The third kappa shape index (κ3) is 2.93. The zero-order valence-corrected chi connectivity index (χ0v) is 12.8. The Kier molecular flexibility index (Phi) is 4.73. The van der Waals surface area contributed by atoms with Crippen LogP contribution in [0.3, 0.4) is 0 Å². The standard InChI is InChI=1S/C14H11Cl2NO5/c1-22-12-9(15)2-6(3-10(12)16)11-7(13(18)19)4-17-5-8(11)14(20)21/h2-5,7,11H,1H3,(H,18,19)(H,20,21). The Morgan fingerprint density at radius 2 is 1.82 bits per heavy atom. The average Bonchev–Trinajstić information content (AvgIpc) is 2.45. The second-order valence-corrected chi connectivity index (χ2v) is 5.36. The van der Waals surface area contributed by atoms with Crippen molar-refractivity contribution in [3.05, 3.63) is 39.5 Å². The van der Waals surface area contributed by atoms with Crippen molar-refractivity contribution in [2.45, 2.75) is 5.92 Å². The molecule has 0 fully saturated rings. The molecule has 2 N–H and O–H groups in total. The molecule has 1 aromatic carbocycles. The molecule has 0 aliphatic carbocycles. The highest BCUT2D eigenvalue weighted by Crippen LogP contribution is 2.41. The van der Waals surface area contributed by atoms with E-state index in [9.17, 15) is 19.8 Å². The first-order chi connectivity index (χ1) is 10.4. The zero-order chi connectivity index (χ0) is 16.4. The van der Waals surface area contributed by atoms with Crippen molar-refractivity contribution in [1.29, 1.82) is 0 Å². The Labute approximate surface area is 135 Å². The largest absolute Gasteiger partial charge is 0.494 e. The number of ether oxygens (including phenoxy) is 1. The van der Waals surface area contributed by atoms with Gasteiger partial charge in [-0.15, -0.1) is 0 Å². The summed E-state index contributed by atoms with van der Waals surface area (Å²) in [5, 5.41) is 18.9. The SMILES string of the molecule is COc1c(Cl)cc(C2C(C(=O)O)=CN=CC2C(=O)O)cc1Cl. The summed E-state index contributed by atoms with van der Waals surface area (Å²) >= 11 is 12.1. The third-order valence-electron chi connectivity index (χ3n) is 3.27. The topological polar surface area (TPSA) is 96.2 Å². The molecule has 0 spiro atoms. The number of rotatable bonds is 4. The highest BCUT2D eigenvalue weighted by molar-refractivity contribution is 6.37. The molecule has 8 heteroatoms. The monoisotopic (exact) mass is 343 g/mol. The van der Waals surface area contributed by atoms with Crippen LogP contribution in [0, 0.1) is 5.92 Å². The van der Waals surface area contributed by atoms with Gasteiger partial charge in [-0.2, -0.15) is 0 Å². The molecule has 116 valence electrons. The maximum atomic E-state index is 11.4. The van der Waals surface area contributed by atoms with Gasteiger partial charge in [0.2, 0.25) is 0 Å². The van der Waals surface area contributed by atoms with Crippen molar-refractivity contribution in [2.24, 2.45) is 10.9 Å². The number of benzene rings is 1. The number of carboxylic acid groups (broad SMARTS) is 2. The van der Waals surface area contributed by atoms with Crippen molar-refractivity contribution in [3.8, 4) is 5.75 Å². The van der Waals surface area contributed by atoms with E-state index >= 15 is 0 Å². The molecule has 0 aromatic heterocycles. The van der Waals surface area contributed by atoms with Crippen LogP contribution in [0.25, 0.3) is 0 Å². The van der Waals surface area contributed by atoms with Gasteiger partial charge in [-0.3, -0.25) is 9.79 Å². The number of carboxylic acids is 2. The molecule has 1 aliphatic rings. The summed E-state index contributed by atoms with van der Waals surface area (Å²) in [5.41, 5.74) is 0.218. The molecule has 0 amide bonds. The molecule has 2 unspecified atom stereocenters. The van der Waals surface area contributed by atoms with Gasteiger partial charge in [0.25, 0.3) is 0 Å². The van der Waals surface area contributed by atoms with Gasteiger partial charge in [0.05, 0.1) is 22.7 Å². The lowest BCUT2D eigenvalue weighted by atomic mass is 9.80. The average molecular weight is 344 g/mol. The highest BCUT2D eigenvalue weighted by Gasteiger charge is 2.36. The van der Waals surface area contributed by atoms with Crippen molar-refractivity contribution < 1.29 is 24.5 Å². The first-order valence-corrected chi connectivity index (χ1v) is 6.84. The first-order valence-electron chi connectivity index (χ1n) is 6.09. The number of aliphatic imine (C=N–C) groups is 1. The number of nitrogens with zero attached hydrogens (tertiary/aromatic N) is 1. The summed E-state index contributed by atoms with van der Waals surface area (Å²) < 4.78 is 5.03. The van der Waals surface area contributed by atoms with Gasteiger partial charge in [-0.1, -0.05) is 23.2 Å². The van der Waals surface area contributed by atoms with Crippen LogP contribution in [0.4, 0.5) is 0 Å². The van der Waals surface area contributed by atoms with Crippen LogP contribution >= 0.6 is 23.2 Å². The quantitative estimate of drug-likeness (QED) is 0.876. The second-order valence-electron chi connectivity index (χ2n) is 4.55. The molecule has 2 atom stereocenters. The number of hydrogen-bond donors (Lipinski definition) is 2. The van der Waals surface area contributed by atoms with Gasteiger partial charge in [-0.25, -0.2) is 4.79 Å². The van der Waals surface area contributed by atoms with E-state index in [-0.39, 0.29) is 21.4 Å². The minimum absolute atomic E-state index is 0.146. The number of carbonyl (C=O) groups is 2. The lowest BCUT2D eigenvalue weighted by molar-refractivity contribution is -0.139. The molecule has 22 heavy (non-hydrogen) atoms. The normalized spacial score (nSPS) is 20.4. The predicted molar refractivity (Wildman–Crippen MR) is 81.1 cm³/mol.